The molecule has 8 nitrogen and oxygen atoms in total. The quantitative estimate of drug-likeness (QED) is 0.583. The molecule has 0 saturated carbocycles. The highest BCUT2D eigenvalue weighted by Gasteiger charge is 2.29. The molecule has 0 radical (unpaired) electrons. The first kappa shape index (κ1) is 21.9. The number of carbonyl (C=O) groups is 1. The highest BCUT2D eigenvalue weighted by molar-refractivity contribution is 5.88. The predicted molar refractivity (Wildman–Crippen MR) is 124 cm³/mol. The zero-order valence-electron chi connectivity index (χ0n) is 19.2. The highest BCUT2D eigenvalue weighted by Crippen LogP contribution is 2.43. The Hall–Kier alpha value is -3.94. The van der Waals surface area contributed by atoms with Crippen LogP contribution in [0.15, 0.2) is 47.4 Å². The van der Waals surface area contributed by atoms with Gasteiger partial charge in [0, 0.05) is 23.9 Å². The molecule has 0 amide bonds. The lowest BCUT2D eigenvalue weighted by molar-refractivity contribution is 0.0694. The van der Waals surface area contributed by atoms with Gasteiger partial charge < -0.3 is 28.6 Å². The molecule has 3 heterocycles. The van der Waals surface area contributed by atoms with Crippen LogP contribution in [0.25, 0.3) is 11.3 Å². The number of hydrogen-bond donors (Lipinski definition) is 1. The zero-order chi connectivity index (χ0) is 24.0. The standard InChI is InChI=1S/C26H25NO7/c1-14(2)19-7-16-8-25(32-12-15-4-5-22-24(6-15)34-13-33-22)23(31-3)9-17(16)20-10-21(28)18(26(29)30)11-27(19)20/h4-6,8-11,14,19H,7,12-13H2,1-3H3,(H,29,30)/t19-/m1/s1. The average molecular weight is 463 g/mol. The fourth-order valence-electron chi connectivity index (χ4n) is 4.55. The van der Waals surface area contributed by atoms with Gasteiger partial charge in [0.1, 0.15) is 12.2 Å². The Bertz CT molecular complexity index is 1340. The molecular formula is C26H25NO7. The Morgan fingerprint density at radius 3 is 2.68 bits per heavy atom. The summed E-state index contributed by atoms with van der Waals surface area (Å²) in [5.41, 5.74) is 2.71. The Balaban J connectivity index is 1.53. The fourth-order valence-corrected chi connectivity index (χ4v) is 4.55. The molecule has 8 heteroatoms. The number of pyridine rings is 1. The van der Waals surface area contributed by atoms with Gasteiger partial charge in [-0.1, -0.05) is 19.9 Å². The summed E-state index contributed by atoms with van der Waals surface area (Å²) in [5.74, 6) is 1.54. The summed E-state index contributed by atoms with van der Waals surface area (Å²) in [6.45, 7) is 4.70. The molecule has 1 N–H and O–H groups in total. The fraction of sp³-hybridized carbons (Fsp3) is 0.308. The van der Waals surface area contributed by atoms with Crippen molar-refractivity contribution in [2.75, 3.05) is 13.9 Å². The molecule has 2 aliphatic rings. The summed E-state index contributed by atoms with van der Waals surface area (Å²) in [5, 5.41) is 9.45. The van der Waals surface area contributed by atoms with Crippen molar-refractivity contribution >= 4 is 5.97 Å². The maximum Gasteiger partial charge on any atom is 0.341 e. The third-order valence-electron chi connectivity index (χ3n) is 6.36. The van der Waals surface area contributed by atoms with E-state index in [9.17, 15) is 14.7 Å². The summed E-state index contributed by atoms with van der Waals surface area (Å²) >= 11 is 0. The van der Waals surface area contributed by atoms with Gasteiger partial charge in [0.05, 0.1) is 12.8 Å². The van der Waals surface area contributed by atoms with Gasteiger partial charge in [-0.05, 0) is 47.7 Å². The SMILES string of the molecule is COc1cc2c(cc1OCc1ccc3c(c1)OCO3)C[C@H](C(C)C)n1cc(C(=O)O)c(=O)cc1-2. The third kappa shape index (κ3) is 3.75. The molecule has 0 saturated heterocycles. The molecule has 176 valence electrons. The Morgan fingerprint density at radius 1 is 1.15 bits per heavy atom. The van der Waals surface area contributed by atoms with Gasteiger partial charge >= 0.3 is 5.97 Å². The lowest BCUT2D eigenvalue weighted by atomic mass is 9.87. The van der Waals surface area contributed by atoms with E-state index in [-0.39, 0.29) is 24.3 Å². The van der Waals surface area contributed by atoms with Crippen LogP contribution in [-0.2, 0) is 13.0 Å². The molecule has 2 aromatic carbocycles. The zero-order valence-corrected chi connectivity index (χ0v) is 19.2. The van der Waals surface area contributed by atoms with Crippen LogP contribution in [0, 0.1) is 5.92 Å². The van der Waals surface area contributed by atoms with Crippen LogP contribution in [0.3, 0.4) is 0 Å². The summed E-state index contributed by atoms with van der Waals surface area (Å²) in [6, 6.07) is 10.9. The van der Waals surface area contributed by atoms with Gasteiger partial charge in [0.2, 0.25) is 6.79 Å². The first-order valence-electron chi connectivity index (χ1n) is 11.1. The van der Waals surface area contributed by atoms with E-state index in [1.165, 1.54) is 12.3 Å². The van der Waals surface area contributed by atoms with Crippen molar-refractivity contribution in [3.05, 3.63) is 69.5 Å². The van der Waals surface area contributed by atoms with Gasteiger partial charge in [-0.3, -0.25) is 4.79 Å². The number of rotatable bonds is 6. The molecule has 0 bridgehead atoms. The van der Waals surface area contributed by atoms with Crippen molar-refractivity contribution in [1.82, 2.24) is 4.57 Å². The second-order valence-electron chi connectivity index (χ2n) is 8.80. The lowest BCUT2D eigenvalue weighted by Gasteiger charge is -2.33. The van der Waals surface area contributed by atoms with E-state index >= 15 is 0 Å². The summed E-state index contributed by atoms with van der Waals surface area (Å²) in [4.78, 5) is 24.1. The van der Waals surface area contributed by atoms with Crippen LogP contribution in [0.1, 0.15) is 41.4 Å². The van der Waals surface area contributed by atoms with Gasteiger partial charge in [0.25, 0.3) is 0 Å². The summed E-state index contributed by atoms with van der Waals surface area (Å²) in [7, 11) is 1.56. The van der Waals surface area contributed by atoms with E-state index in [4.69, 9.17) is 18.9 Å². The van der Waals surface area contributed by atoms with Crippen LogP contribution in [0.4, 0.5) is 0 Å². The number of hydrogen-bond acceptors (Lipinski definition) is 6. The van der Waals surface area contributed by atoms with Gasteiger partial charge in [-0.25, -0.2) is 4.79 Å². The maximum absolute atomic E-state index is 12.5. The van der Waals surface area contributed by atoms with Crippen molar-refractivity contribution in [2.45, 2.75) is 32.9 Å². The molecule has 0 spiro atoms. The number of methoxy groups -OCH3 is 1. The summed E-state index contributed by atoms with van der Waals surface area (Å²) < 4.78 is 24.4. The average Bonchev–Trinajstić information content (AvgIpc) is 3.29. The second kappa shape index (κ2) is 8.44. The molecule has 34 heavy (non-hydrogen) atoms. The minimum Gasteiger partial charge on any atom is -0.493 e. The topological polar surface area (TPSA) is 96.2 Å². The molecule has 5 rings (SSSR count). The van der Waals surface area contributed by atoms with Gasteiger partial charge in [0.15, 0.2) is 28.4 Å². The second-order valence-corrected chi connectivity index (χ2v) is 8.80. The molecule has 0 unspecified atom stereocenters. The normalized spacial score (nSPS) is 15.6. The smallest absolute Gasteiger partial charge is 0.341 e. The molecule has 0 fully saturated rings. The number of ether oxygens (including phenoxy) is 4. The van der Waals surface area contributed by atoms with Gasteiger partial charge in [-0.15, -0.1) is 0 Å². The molecule has 3 aromatic rings. The Labute approximate surface area is 196 Å². The lowest BCUT2D eigenvalue weighted by Crippen LogP contribution is -2.28. The third-order valence-corrected chi connectivity index (χ3v) is 6.36. The molecule has 2 aliphatic heterocycles. The predicted octanol–water partition coefficient (Wildman–Crippen LogP) is 4.28. The number of aromatic carboxylic acids is 1. The Morgan fingerprint density at radius 2 is 1.94 bits per heavy atom. The maximum atomic E-state index is 12.5. The number of carboxylic acids is 1. The minimum atomic E-state index is -1.22. The van der Waals surface area contributed by atoms with Crippen LogP contribution in [0.2, 0.25) is 0 Å². The van der Waals surface area contributed by atoms with Crippen LogP contribution < -0.4 is 24.4 Å². The van der Waals surface area contributed by atoms with Crippen LogP contribution >= 0.6 is 0 Å². The van der Waals surface area contributed by atoms with Crippen molar-refractivity contribution < 1.29 is 28.8 Å². The molecular weight excluding hydrogens is 438 g/mol. The van der Waals surface area contributed by atoms with Crippen LogP contribution in [-0.4, -0.2) is 29.5 Å². The number of aromatic nitrogens is 1. The van der Waals surface area contributed by atoms with Crippen molar-refractivity contribution in [3.63, 3.8) is 0 Å². The number of carboxylic acid groups (broad SMARTS) is 1. The minimum absolute atomic E-state index is 0.00342. The molecule has 1 atom stereocenters. The number of fused-ring (bicyclic) bond motifs is 4. The first-order valence-corrected chi connectivity index (χ1v) is 11.1. The largest absolute Gasteiger partial charge is 0.493 e. The van der Waals surface area contributed by atoms with Crippen LogP contribution in [0.5, 0.6) is 23.0 Å². The highest BCUT2D eigenvalue weighted by atomic mass is 16.7. The van der Waals surface area contributed by atoms with Crippen molar-refractivity contribution in [1.29, 1.82) is 0 Å². The van der Waals surface area contributed by atoms with E-state index in [2.05, 4.69) is 13.8 Å². The monoisotopic (exact) mass is 463 g/mol. The number of nitrogens with zero attached hydrogens (tertiary/aromatic N) is 1. The van der Waals surface area contributed by atoms with E-state index in [0.29, 0.717) is 36.0 Å². The van der Waals surface area contributed by atoms with Gasteiger partial charge in [-0.2, -0.15) is 0 Å². The molecule has 0 aliphatic carbocycles. The van der Waals surface area contributed by atoms with E-state index in [1.807, 2.05) is 34.9 Å². The van der Waals surface area contributed by atoms with E-state index < -0.39 is 11.4 Å². The van der Waals surface area contributed by atoms with E-state index in [0.717, 1.165) is 22.4 Å². The van der Waals surface area contributed by atoms with Crippen molar-refractivity contribution in [2.24, 2.45) is 5.92 Å². The Kier molecular flexibility index (Phi) is 5.43. The van der Waals surface area contributed by atoms with Crippen molar-refractivity contribution in [3.8, 4) is 34.3 Å². The first-order chi connectivity index (χ1) is 16.4. The summed E-state index contributed by atoms with van der Waals surface area (Å²) in [6.07, 6.45) is 2.14. The van der Waals surface area contributed by atoms with E-state index in [1.54, 1.807) is 7.11 Å². The molecule has 1 aromatic heterocycles. The number of benzene rings is 2.